The average Bonchev–Trinajstić information content (AvgIpc) is 2.37. The van der Waals surface area contributed by atoms with Gasteiger partial charge in [-0.2, -0.15) is 0 Å². The van der Waals surface area contributed by atoms with Gasteiger partial charge in [-0.15, -0.1) is 0 Å². The van der Waals surface area contributed by atoms with E-state index >= 15 is 0 Å². The summed E-state index contributed by atoms with van der Waals surface area (Å²) < 4.78 is 6.27. The zero-order valence-electron chi connectivity index (χ0n) is 12.7. The predicted molar refractivity (Wildman–Crippen MR) is 88.1 cm³/mol. The lowest BCUT2D eigenvalue weighted by Crippen LogP contribution is -2.40. The Kier molecular flexibility index (Phi) is 5.49. The van der Waals surface area contributed by atoms with Crippen LogP contribution in [0.1, 0.15) is 33.6 Å². The van der Waals surface area contributed by atoms with E-state index in [-0.39, 0.29) is 11.3 Å². The van der Waals surface area contributed by atoms with Crippen LogP contribution in [0.5, 0.6) is 0 Å². The highest BCUT2D eigenvalue weighted by atomic mass is 32.2. The predicted octanol–water partition coefficient (Wildman–Crippen LogP) is 2.98. The van der Waals surface area contributed by atoms with Gasteiger partial charge in [0, 0.05) is 31.2 Å². The Hall–Kier alpha value is -0.130. The summed E-state index contributed by atoms with van der Waals surface area (Å²) in [5.41, 5.74) is 0.169. The van der Waals surface area contributed by atoms with E-state index in [1.807, 2.05) is 0 Å². The van der Waals surface area contributed by atoms with Crippen LogP contribution in [0, 0.1) is 17.3 Å². The molecule has 2 rings (SSSR count). The molecular formula is C15H25NO2S2. The fourth-order valence-electron chi connectivity index (χ4n) is 3.26. The maximum Gasteiger partial charge on any atom is 0.137 e. The summed E-state index contributed by atoms with van der Waals surface area (Å²) in [7, 11) is 0. The number of carbonyl (C=O) groups excluding carboxylic acids is 1. The number of hydrogen-bond donors (Lipinski definition) is 0. The number of hydrogen-bond acceptors (Lipinski definition) is 4. The number of morpholine rings is 1. The quantitative estimate of drug-likeness (QED) is 0.731. The Balaban J connectivity index is 1.84. The van der Waals surface area contributed by atoms with Crippen molar-refractivity contribution in [1.82, 2.24) is 4.90 Å². The molecule has 1 saturated carbocycles. The van der Waals surface area contributed by atoms with Gasteiger partial charge >= 0.3 is 0 Å². The van der Waals surface area contributed by atoms with Gasteiger partial charge in [-0.1, -0.05) is 44.8 Å². The molecular weight excluding hydrogens is 290 g/mol. The summed E-state index contributed by atoms with van der Waals surface area (Å²) in [5, 5.41) is 0. The summed E-state index contributed by atoms with van der Waals surface area (Å²) in [4.78, 5) is 14.5. The minimum absolute atomic E-state index is 0.169. The molecule has 0 amide bonds. The fraction of sp³-hybridized carbons (Fsp3) is 0.867. The Morgan fingerprint density at radius 3 is 2.70 bits per heavy atom. The normalized spacial score (nSPS) is 30.4. The van der Waals surface area contributed by atoms with Crippen molar-refractivity contribution in [2.24, 2.45) is 17.3 Å². The van der Waals surface area contributed by atoms with Crippen molar-refractivity contribution >= 4 is 34.1 Å². The first-order valence-corrected chi connectivity index (χ1v) is 8.80. The molecule has 2 unspecified atom stereocenters. The van der Waals surface area contributed by atoms with Gasteiger partial charge in [-0.3, -0.25) is 4.79 Å². The number of nitrogens with zero attached hydrogens (tertiary/aromatic N) is 1. The Bertz CT molecular complexity index is 378. The third-order valence-corrected chi connectivity index (χ3v) is 5.93. The van der Waals surface area contributed by atoms with Gasteiger partial charge in [0.25, 0.3) is 0 Å². The van der Waals surface area contributed by atoms with Crippen LogP contribution in [0.2, 0.25) is 0 Å². The van der Waals surface area contributed by atoms with Crippen molar-refractivity contribution in [2.75, 3.05) is 32.1 Å². The molecule has 1 heterocycles. The molecule has 2 fully saturated rings. The molecule has 0 aromatic heterocycles. The van der Waals surface area contributed by atoms with Crippen LogP contribution in [0.4, 0.5) is 0 Å². The number of Topliss-reactive ketones (excluding diaryl/α,β-unsaturated/α-hetero) is 1. The number of thiocarbonyl (C=S) groups is 1. The van der Waals surface area contributed by atoms with Crippen molar-refractivity contribution in [3.8, 4) is 0 Å². The van der Waals surface area contributed by atoms with Gasteiger partial charge in [-0.05, 0) is 17.8 Å². The third kappa shape index (κ3) is 4.18. The summed E-state index contributed by atoms with van der Waals surface area (Å²) in [5.74, 6) is 1.90. The van der Waals surface area contributed by atoms with E-state index < -0.39 is 0 Å². The number of thioether (sulfide) groups is 1. The molecule has 0 aromatic rings. The molecule has 2 aliphatic rings. The molecule has 0 radical (unpaired) electrons. The van der Waals surface area contributed by atoms with E-state index in [0.717, 1.165) is 42.8 Å². The minimum atomic E-state index is 0.169. The second-order valence-corrected chi connectivity index (χ2v) is 8.43. The second kappa shape index (κ2) is 6.75. The van der Waals surface area contributed by atoms with Gasteiger partial charge in [0.1, 0.15) is 10.1 Å². The van der Waals surface area contributed by atoms with E-state index in [2.05, 4.69) is 25.7 Å². The van der Waals surface area contributed by atoms with Crippen molar-refractivity contribution in [3.05, 3.63) is 0 Å². The number of rotatable bonds is 2. The largest absolute Gasteiger partial charge is 0.378 e. The van der Waals surface area contributed by atoms with E-state index in [1.54, 1.807) is 11.8 Å². The minimum Gasteiger partial charge on any atom is -0.378 e. The van der Waals surface area contributed by atoms with Gasteiger partial charge in [0.15, 0.2) is 0 Å². The van der Waals surface area contributed by atoms with E-state index in [4.69, 9.17) is 17.0 Å². The van der Waals surface area contributed by atoms with Gasteiger partial charge in [-0.25, -0.2) is 0 Å². The summed E-state index contributed by atoms with van der Waals surface area (Å²) in [6.07, 6.45) is 1.85. The van der Waals surface area contributed by atoms with Crippen LogP contribution in [0.15, 0.2) is 0 Å². The molecule has 1 aliphatic carbocycles. The summed E-state index contributed by atoms with van der Waals surface area (Å²) >= 11 is 7.16. The average molecular weight is 316 g/mol. The molecule has 3 nitrogen and oxygen atoms in total. The first kappa shape index (κ1) is 16.2. The van der Waals surface area contributed by atoms with Crippen LogP contribution in [-0.2, 0) is 9.53 Å². The van der Waals surface area contributed by atoms with E-state index in [1.165, 1.54) is 0 Å². The topological polar surface area (TPSA) is 29.5 Å². The van der Waals surface area contributed by atoms with Crippen LogP contribution in [0.3, 0.4) is 0 Å². The highest BCUT2D eigenvalue weighted by Crippen LogP contribution is 2.40. The summed E-state index contributed by atoms with van der Waals surface area (Å²) in [6.45, 7) is 9.88. The molecule has 0 spiro atoms. The maximum atomic E-state index is 12.3. The number of carbonyl (C=O) groups is 1. The van der Waals surface area contributed by atoms with Gasteiger partial charge < -0.3 is 9.64 Å². The highest BCUT2D eigenvalue weighted by Gasteiger charge is 2.38. The molecule has 20 heavy (non-hydrogen) atoms. The van der Waals surface area contributed by atoms with E-state index in [9.17, 15) is 4.79 Å². The standard InChI is InChI=1S/C15H25NO2S2/c1-11-8-15(2,3)9-13(17)12(11)10-20-14(19)16-4-6-18-7-5-16/h11-12H,4-10H2,1-3H3. The molecule has 0 aromatic carbocycles. The molecule has 1 aliphatic heterocycles. The van der Waals surface area contributed by atoms with Gasteiger partial charge in [0.05, 0.1) is 13.2 Å². The number of ketones is 1. The fourth-order valence-corrected chi connectivity index (χ4v) is 4.85. The molecule has 114 valence electrons. The van der Waals surface area contributed by atoms with E-state index in [0.29, 0.717) is 18.1 Å². The van der Waals surface area contributed by atoms with Crippen LogP contribution < -0.4 is 0 Å². The molecule has 0 N–H and O–H groups in total. The smallest absolute Gasteiger partial charge is 0.137 e. The lowest BCUT2D eigenvalue weighted by Gasteiger charge is -2.38. The van der Waals surface area contributed by atoms with Crippen molar-refractivity contribution < 1.29 is 9.53 Å². The monoisotopic (exact) mass is 315 g/mol. The molecule has 1 saturated heterocycles. The zero-order valence-corrected chi connectivity index (χ0v) is 14.3. The Labute approximate surface area is 131 Å². The maximum absolute atomic E-state index is 12.3. The third-order valence-electron chi connectivity index (χ3n) is 4.28. The van der Waals surface area contributed by atoms with Crippen LogP contribution in [0.25, 0.3) is 0 Å². The van der Waals surface area contributed by atoms with Crippen LogP contribution >= 0.6 is 24.0 Å². The molecule has 2 atom stereocenters. The van der Waals surface area contributed by atoms with Crippen molar-refractivity contribution in [1.29, 1.82) is 0 Å². The zero-order chi connectivity index (χ0) is 14.8. The lowest BCUT2D eigenvalue weighted by molar-refractivity contribution is -0.129. The highest BCUT2D eigenvalue weighted by molar-refractivity contribution is 8.22. The van der Waals surface area contributed by atoms with Crippen molar-refractivity contribution in [2.45, 2.75) is 33.6 Å². The SMILES string of the molecule is CC1CC(C)(C)CC(=O)C1CSC(=S)N1CCOCC1. The first-order valence-electron chi connectivity index (χ1n) is 7.41. The Morgan fingerprint density at radius 1 is 1.45 bits per heavy atom. The second-order valence-electron chi connectivity index (χ2n) is 6.77. The first-order chi connectivity index (χ1) is 9.39. The molecule has 0 bridgehead atoms. The molecule has 5 heteroatoms. The van der Waals surface area contributed by atoms with Crippen molar-refractivity contribution in [3.63, 3.8) is 0 Å². The van der Waals surface area contributed by atoms with Gasteiger partial charge in [0.2, 0.25) is 0 Å². The van der Waals surface area contributed by atoms with Crippen LogP contribution in [-0.4, -0.2) is 47.1 Å². The lowest BCUT2D eigenvalue weighted by atomic mass is 9.68. The Morgan fingerprint density at radius 2 is 2.10 bits per heavy atom. The summed E-state index contributed by atoms with van der Waals surface area (Å²) in [6, 6.07) is 0. The number of ether oxygens (including phenoxy) is 1.